The fourth-order valence-corrected chi connectivity index (χ4v) is 7.31. The van der Waals surface area contributed by atoms with Crippen molar-refractivity contribution in [3.8, 4) is 0 Å². The maximum atomic E-state index is 14.3. The third-order valence-electron chi connectivity index (χ3n) is 7.98. The number of nitrogens with zero attached hydrogens (tertiary/aromatic N) is 3. The van der Waals surface area contributed by atoms with E-state index in [0.717, 1.165) is 37.7 Å². The molecule has 1 saturated heterocycles. The van der Waals surface area contributed by atoms with Gasteiger partial charge in [0.05, 0.1) is 29.8 Å². The van der Waals surface area contributed by atoms with Crippen LogP contribution in [-0.4, -0.2) is 56.3 Å². The van der Waals surface area contributed by atoms with Crippen LogP contribution in [0.5, 0.6) is 0 Å². The number of aromatic nitrogens is 2. The first-order valence-electron chi connectivity index (χ1n) is 13.0. The molecule has 1 aromatic carbocycles. The van der Waals surface area contributed by atoms with Crippen LogP contribution in [0.2, 0.25) is 0 Å². The summed E-state index contributed by atoms with van der Waals surface area (Å²) in [6.45, 7) is 1.67. The van der Waals surface area contributed by atoms with E-state index in [1.807, 2.05) is 24.6 Å². The number of carbonyl (C=O) groups is 2. The molecule has 38 heavy (non-hydrogen) atoms. The highest BCUT2D eigenvalue weighted by Gasteiger charge is 2.53. The van der Waals surface area contributed by atoms with Crippen molar-refractivity contribution in [3.63, 3.8) is 0 Å². The van der Waals surface area contributed by atoms with Crippen molar-refractivity contribution in [2.24, 2.45) is 0 Å². The zero-order chi connectivity index (χ0) is 27.1. The van der Waals surface area contributed by atoms with E-state index < -0.39 is 35.0 Å². The fraction of sp³-hybridized carbons (Fsp3) is 0.519. The summed E-state index contributed by atoms with van der Waals surface area (Å²) in [5.74, 6) is -0.593. The van der Waals surface area contributed by atoms with Crippen LogP contribution in [0.15, 0.2) is 35.9 Å². The predicted octanol–water partition coefficient (Wildman–Crippen LogP) is 4.70. The zero-order valence-corrected chi connectivity index (χ0v) is 22.3. The molecular formula is C27H32F3N5O2S. The van der Waals surface area contributed by atoms with Crippen LogP contribution in [0.3, 0.4) is 0 Å². The number of nitrogens with one attached hydrogen (secondary N) is 2. The number of likely N-dealkylation sites (N-methyl/N-ethyl adjacent to an activating group) is 1. The molecule has 3 unspecified atom stereocenters. The third kappa shape index (κ3) is 4.69. The molecular weight excluding hydrogens is 515 g/mol. The number of aromatic amines is 1. The van der Waals surface area contributed by atoms with Crippen LogP contribution in [0.25, 0.3) is 0 Å². The summed E-state index contributed by atoms with van der Waals surface area (Å²) in [7, 11) is 1.81. The van der Waals surface area contributed by atoms with Crippen LogP contribution < -0.4 is 5.32 Å². The van der Waals surface area contributed by atoms with Crippen molar-refractivity contribution in [1.82, 2.24) is 25.3 Å². The van der Waals surface area contributed by atoms with Crippen LogP contribution in [-0.2, 0) is 28.6 Å². The molecule has 2 N–H and O–H groups in total. The van der Waals surface area contributed by atoms with Gasteiger partial charge in [-0.05, 0) is 62.0 Å². The molecule has 11 heteroatoms. The van der Waals surface area contributed by atoms with E-state index in [4.69, 9.17) is 0 Å². The van der Waals surface area contributed by atoms with Gasteiger partial charge < -0.3 is 15.1 Å². The minimum atomic E-state index is -4.61. The molecule has 1 aromatic heterocycles. The Morgan fingerprint density at radius 3 is 2.74 bits per heavy atom. The first-order chi connectivity index (χ1) is 18.1. The number of fused-ring (bicyclic) bond motifs is 1. The van der Waals surface area contributed by atoms with Gasteiger partial charge in [0.2, 0.25) is 5.91 Å². The Kier molecular flexibility index (Phi) is 7.23. The van der Waals surface area contributed by atoms with Crippen LogP contribution in [0.4, 0.5) is 13.2 Å². The molecule has 3 aliphatic rings. The zero-order valence-electron chi connectivity index (χ0n) is 21.5. The second-order valence-electron chi connectivity index (χ2n) is 10.3. The molecule has 204 valence electrons. The van der Waals surface area contributed by atoms with Crippen molar-refractivity contribution in [2.75, 3.05) is 13.6 Å². The van der Waals surface area contributed by atoms with Gasteiger partial charge in [-0.25, -0.2) is 0 Å². The molecule has 0 radical (unpaired) electrons. The van der Waals surface area contributed by atoms with E-state index in [1.54, 1.807) is 16.0 Å². The number of benzene rings is 1. The van der Waals surface area contributed by atoms with Crippen LogP contribution in [0.1, 0.15) is 66.2 Å². The Hall–Kier alpha value is -2.95. The number of thioether (sulfide) groups is 1. The quantitative estimate of drug-likeness (QED) is 0.567. The molecule has 3 heterocycles. The SMILES string of the molecule is Cc1[nH]nc(CC(=O)N2CCCCC2C2(C(=O)N(C)C3CCCc4ccccc43)NC=CS2)c1C(F)(F)F. The fourth-order valence-electron chi connectivity index (χ4n) is 6.18. The van der Waals surface area contributed by atoms with Gasteiger partial charge in [-0.15, -0.1) is 0 Å². The van der Waals surface area contributed by atoms with Gasteiger partial charge in [-0.2, -0.15) is 18.3 Å². The van der Waals surface area contributed by atoms with Crippen molar-refractivity contribution in [2.45, 2.75) is 75.0 Å². The summed E-state index contributed by atoms with van der Waals surface area (Å²) >= 11 is 1.34. The minimum absolute atomic E-state index is 0.0820. The standard InChI is InChI=1S/C27H32F3N5O2S/c1-17-24(27(28,29)30)20(33-32-17)16-23(36)35-14-6-5-12-22(35)26(31-13-15-38-26)25(37)34(2)21-11-7-9-18-8-3-4-10-19(18)21/h3-4,8,10,13,15,21-22,31H,5-7,9,11-12,14,16H2,1-2H3,(H,32,33). The number of rotatable bonds is 5. The van der Waals surface area contributed by atoms with E-state index in [-0.39, 0.29) is 23.3 Å². The number of H-pyrrole nitrogens is 1. The monoisotopic (exact) mass is 547 g/mol. The lowest BCUT2D eigenvalue weighted by atomic mass is 9.86. The lowest BCUT2D eigenvalue weighted by Gasteiger charge is -2.47. The van der Waals surface area contributed by atoms with Gasteiger partial charge in [-0.3, -0.25) is 14.7 Å². The van der Waals surface area contributed by atoms with E-state index in [2.05, 4.69) is 27.6 Å². The number of hydrogen-bond donors (Lipinski definition) is 2. The maximum absolute atomic E-state index is 14.3. The third-order valence-corrected chi connectivity index (χ3v) is 9.19. The first-order valence-corrected chi connectivity index (χ1v) is 13.9. The average molecular weight is 548 g/mol. The summed E-state index contributed by atoms with van der Waals surface area (Å²) in [4.78, 5) is 30.1. The Morgan fingerprint density at radius 2 is 2.00 bits per heavy atom. The lowest BCUT2D eigenvalue weighted by Crippen LogP contribution is -2.66. The summed E-state index contributed by atoms with van der Waals surface area (Å²) in [5, 5.41) is 11.3. The molecule has 5 rings (SSSR count). The molecule has 0 spiro atoms. The normalized spacial score (nSPS) is 25.1. The Bertz CT molecular complexity index is 1240. The highest BCUT2D eigenvalue weighted by molar-refractivity contribution is 8.04. The number of piperidine rings is 1. The highest BCUT2D eigenvalue weighted by atomic mass is 32.2. The number of alkyl halides is 3. The topological polar surface area (TPSA) is 81.3 Å². The molecule has 7 nitrogen and oxygen atoms in total. The van der Waals surface area contributed by atoms with Gasteiger partial charge >= 0.3 is 6.18 Å². The van der Waals surface area contributed by atoms with E-state index in [9.17, 15) is 22.8 Å². The summed E-state index contributed by atoms with van der Waals surface area (Å²) in [6, 6.07) is 7.58. The number of halogens is 3. The Balaban J connectivity index is 1.43. The van der Waals surface area contributed by atoms with E-state index >= 15 is 0 Å². The van der Waals surface area contributed by atoms with E-state index in [1.165, 1.54) is 24.2 Å². The molecule has 1 aliphatic carbocycles. The van der Waals surface area contributed by atoms with Crippen molar-refractivity contribution in [1.29, 1.82) is 0 Å². The van der Waals surface area contributed by atoms with Gasteiger partial charge in [0.15, 0.2) is 4.87 Å². The van der Waals surface area contributed by atoms with Crippen molar-refractivity contribution < 1.29 is 22.8 Å². The van der Waals surface area contributed by atoms with Crippen molar-refractivity contribution in [3.05, 3.63) is 64.0 Å². The molecule has 2 aliphatic heterocycles. The van der Waals surface area contributed by atoms with Crippen LogP contribution >= 0.6 is 11.8 Å². The smallest absolute Gasteiger partial charge is 0.367 e. The summed E-state index contributed by atoms with van der Waals surface area (Å²) < 4.78 is 40.9. The largest absolute Gasteiger partial charge is 0.419 e. The van der Waals surface area contributed by atoms with Gasteiger partial charge in [0.1, 0.15) is 0 Å². The Morgan fingerprint density at radius 1 is 1.21 bits per heavy atom. The van der Waals surface area contributed by atoms with Crippen molar-refractivity contribution >= 4 is 23.6 Å². The molecule has 2 aromatic rings. The van der Waals surface area contributed by atoms with Crippen LogP contribution in [0, 0.1) is 6.92 Å². The Labute approximate surface area is 224 Å². The minimum Gasteiger partial charge on any atom is -0.367 e. The first kappa shape index (κ1) is 26.6. The maximum Gasteiger partial charge on any atom is 0.419 e. The molecule has 0 saturated carbocycles. The summed E-state index contributed by atoms with van der Waals surface area (Å²) in [6.07, 6.45) is 1.54. The molecule has 3 atom stereocenters. The van der Waals surface area contributed by atoms with Gasteiger partial charge in [0, 0.05) is 25.5 Å². The highest BCUT2D eigenvalue weighted by Crippen LogP contribution is 2.43. The molecule has 2 amide bonds. The predicted molar refractivity (Wildman–Crippen MR) is 139 cm³/mol. The lowest BCUT2D eigenvalue weighted by molar-refractivity contribution is -0.143. The van der Waals surface area contributed by atoms with Gasteiger partial charge in [0.25, 0.3) is 5.91 Å². The number of amides is 2. The molecule has 1 fully saturated rings. The number of carbonyl (C=O) groups excluding carboxylic acids is 2. The second-order valence-corrected chi connectivity index (χ2v) is 11.4. The summed E-state index contributed by atoms with van der Waals surface area (Å²) in [5.41, 5.74) is 1.06. The number of likely N-dealkylation sites (tertiary alicyclic amines) is 1. The number of hydrogen-bond acceptors (Lipinski definition) is 5. The second kappa shape index (κ2) is 10.3. The van der Waals surface area contributed by atoms with E-state index in [0.29, 0.717) is 13.0 Å². The number of aryl methyl sites for hydroxylation is 2. The van der Waals surface area contributed by atoms with Gasteiger partial charge in [-0.1, -0.05) is 36.0 Å². The average Bonchev–Trinajstić information content (AvgIpc) is 3.55. The molecule has 0 bridgehead atoms.